The molecule has 1 amide bonds. The van der Waals surface area contributed by atoms with Crippen LogP contribution in [0.15, 0.2) is 48.9 Å². The summed E-state index contributed by atoms with van der Waals surface area (Å²) < 4.78 is 14.1. The number of benzene rings is 1. The molecule has 0 aliphatic carbocycles. The van der Waals surface area contributed by atoms with Gasteiger partial charge in [-0.25, -0.2) is 9.37 Å². The predicted molar refractivity (Wildman–Crippen MR) is 153 cm³/mol. The second-order valence-electron chi connectivity index (χ2n) is 8.66. The number of aryl methyl sites for hydroxylation is 1. The van der Waals surface area contributed by atoms with E-state index in [0.29, 0.717) is 23.4 Å². The largest absolute Gasteiger partial charge is 0.398 e. The van der Waals surface area contributed by atoms with E-state index in [-0.39, 0.29) is 11.9 Å². The highest BCUT2D eigenvalue weighted by Crippen LogP contribution is 2.19. The third kappa shape index (κ3) is 12.2. The van der Waals surface area contributed by atoms with Gasteiger partial charge in [0.05, 0.1) is 18.0 Å². The first-order valence-electron chi connectivity index (χ1n) is 12.5. The van der Waals surface area contributed by atoms with Gasteiger partial charge in [0.25, 0.3) is 0 Å². The standard InChI is InChI=1S/C12H16N6.C9H10FNO.C5H12.C2H6/c1-17(2)11-4-10(13)9(6-15-11)12(14)8-5-16-18(3)7-8;1-7(11-6-12)8-2-4-9(10)5-3-8;1-4-5(2)3;1-2/h4-7,14H,1-3H3,(H2,13,15);2-7H,1H3,(H,11,12);5H,4H2,1-3H3;1-2H3. The molecule has 1 aromatic carbocycles. The summed E-state index contributed by atoms with van der Waals surface area (Å²) in [5.74, 6) is 1.39. The molecule has 0 bridgehead atoms. The zero-order chi connectivity index (χ0) is 28.5. The number of carbonyl (C=O) groups is 1. The van der Waals surface area contributed by atoms with Gasteiger partial charge in [-0.3, -0.25) is 14.9 Å². The number of amides is 1. The fourth-order valence-corrected chi connectivity index (χ4v) is 2.57. The van der Waals surface area contributed by atoms with Crippen molar-refractivity contribution in [3.05, 3.63) is 71.4 Å². The van der Waals surface area contributed by atoms with Crippen LogP contribution < -0.4 is 16.0 Å². The van der Waals surface area contributed by atoms with Crippen molar-refractivity contribution in [1.82, 2.24) is 20.1 Å². The number of rotatable bonds is 7. The first-order valence-corrected chi connectivity index (χ1v) is 12.5. The van der Waals surface area contributed by atoms with Gasteiger partial charge in [0.2, 0.25) is 6.41 Å². The highest BCUT2D eigenvalue weighted by molar-refractivity contribution is 6.13. The summed E-state index contributed by atoms with van der Waals surface area (Å²) in [4.78, 5) is 16.2. The van der Waals surface area contributed by atoms with Crippen molar-refractivity contribution in [2.24, 2.45) is 13.0 Å². The van der Waals surface area contributed by atoms with Crippen LogP contribution in [0.1, 0.15) is 70.7 Å². The topological polar surface area (TPSA) is 113 Å². The van der Waals surface area contributed by atoms with E-state index < -0.39 is 0 Å². The summed E-state index contributed by atoms with van der Waals surface area (Å²) in [6, 6.07) is 7.74. The number of halogens is 1. The van der Waals surface area contributed by atoms with Gasteiger partial charge in [-0.1, -0.05) is 53.2 Å². The number of nitrogens with one attached hydrogen (secondary N) is 2. The van der Waals surface area contributed by atoms with Gasteiger partial charge < -0.3 is 16.0 Å². The van der Waals surface area contributed by atoms with Gasteiger partial charge in [0, 0.05) is 56.4 Å². The number of hydrogen-bond acceptors (Lipinski definition) is 6. The van der Waals surface area contributed by atoms with Crippen molar-refractivity contribution in [2.45, 2.75) is 54.0 Å². The van der Waals surface area contributed by atoms with E-state index in [4.69, 9.17) is 11.1 Å². The molecule has 0 radical (unpaired) electrons. The van der Waals surface area contributed by atoms with Crippen molar-refractivity contribution in [1.29, 1.82) is 5.41 Å². The average Bonchev–Trinajstić information content (AvgIpc) is 3.32. The van der Waals surface area contributed by atoms with Crippen molar-refractivity contribution in [2.75, 3.05) is 24.7 Å². The summed E-state index contributed by atoms with van der Waals surface area (Å²) in [6.45, 7) is 12.5. The van der Waals surface area contributed by atoms with E-state index in [0.717, 1.165) is 22.9 Å². The quantitative estimate of drug-likeness (QED) is 0.281. The number of carbonyl (C=O) groups excluding carboxylic acids is 1. The molecule has 0 fully saturated rings. The van der Waals surface area contributed by atoms with E-state index in [1.807, 2.05) is 46.8 Å². The molecule has 0 saturated carbocycles. The Morgan fingerprint density at radius 1 is 1.19 bits per heavy atom. The van der Waals surface area contributed by atoms with E-state index in [1.165, 1.54) is 18.6 Å². The molecule has 4 N–H and O–H groups in total. The fourth-order valence-electron chi connectivity index (χ4n) is 2.57. The molecular weight excluding hydrogens is 469 g/mol. The van der Waals surface area contributed by atoms with E-state index in [1.54, 1.807) is 41.5 Å². The Bertz CT molecular complexity index is 1060. The number of hydrogen-bond donors (Lipinski definition) is 3. The predicted octanol–water partition coefficient (Wildman–Crippen LogP) is 5.59. The maximum atomic E-state index is 12.4. The number of nitrogens with zero attached hydrogens (tertiary/aromatic N) is 4. The molecule has 2 heterocycles. The first-order chi connectivity index (χ1) is 17.5. The SMILES string of the molecule is CC.CC(NC=O)c1ccc(F)cc1.CCC(C)C.CN(C)c1cc(N)c(C(=N)c2cnn(C)c2)cn1. The molecule has 3 aromatic rings. The van der Waals surface area contributed by atoms with Crippen molar-refractivity contribution in [3.63, 3.8) is 0 Å². The van der Waals surface area contributed by atoms with Crippen LogP contribution in [0.25, 0.3) is 0 Å². The summed E-state index contributed by atoms with van der Waals surface area (Å²) >= 11 is 0. The van der Waals surface area contributed by atoms with E-state index in [9.17, 15) is 9.18 Å². The lowest BCUT2D eigenvalue weighted by atomic mass is 10.1. The first kappa shape index (κ1) is 33.2. The lowest BCUT2D eigenvalue weighted by Gasteiger charge is -2.13. The van der Waals surface area contributed by atoms with E-state index >= 15 is 0 Å². The third-order valence-corrected chi connectivity index (χ3v) is 5.15. The fraction of sp³-hybridized carbons (Fsp3) is 0.429. The minimum Gasteiger partial charge on any atom is -0.398 e. The normalized spacial score (nSPS) is 10.5. The van der Waals surface area contributed by atoms with Gasteiger partial charge in [-0.2, -0.15) is 5.10 Å². The number of anilines is 2. The molecule has 1 unspecified atom stereocenters. The van der Waals surface area contributed by atoms with Crippen LogP contribution in [0.5, 0.6) is 0 Å². The second-order valence-corrected chi connectivity index (χ2v) is 8.66. The highest BCUT2D eigenvalue weighted by atomic mass is 19.1. The Hall–Kier alpha value is -3.75. The molecule has 2 aromatic heterocycles. The van der Waals surface area contributed by atoms with Crippen LogP contribution in [0.4, 0.5) is 15.9 Å². The van der Waals surface area contributed by atoms with Crippen LogP contribution in [0.2, 0.25) is 0 Å². The van der Waals surface area contributed by atoms with Gasteiger partial charge in [-0.15, -0.1) is 0 Å². The summed E-state index contributed by atoms with van der Waals surface area (Å²) in [5, 5.41) is 14.7. The Kier molecular flexibility index (Phi) is 15.9. The molecule has 9 heteroatoms. The van der Waals surface area contributed by atoms with Gasteiger partial charge in [-0.05, 0) is 30.5 Å². The average molecular weight is 514 g/mol. The Morgan fingerprint density at radius 3 is 2.16 bits per heavy atom. The van der Waals surface area contributed by atoms with Gasteiger partial charge >= 0.3 is 0 Å². The minimum absolute atomic E-state index is 0.0666. The molecule has 204 valence electrons. The highest BCUT2D eigenvalue weighted by Gasteiger charge is 2.12. The van der Waals surface area contributed by atoms with Crippen LogP contribution >= 0.6 is 0 Å². The molecule has 1 atom stereocenters. The third-order valence-electron chi connectivity index (χ3n) is 5.15. The van der Waals surface area contributed by atoms with Crippen LogP contribution in [0.3, 0.4) is 0 Å². The Labute approximate surface area is 221 Å². The molecular formula is C28H44FN7O. The molecule has 0 saturated heterocycles. The monoisotopic (exact) mass is 513 g/mol. The van der Waals surface area contributed by atoms with Crippen molar-refractivity contribution < 1.29 is 9.18 Å². The summed E-state index contributed by atoms with van der Waals surface area (Å²) in [5.41, 5.74) is 9.08. The molecule has 8 nitrogen and oxygen atoms in total. The molecule has 37 heavy (non-hydrogen) atoms. The summed E-state index contributed by atoms with van der Waals surface area (Å²) in [6.07, 6.45) is 6.98. The zero-order valence-corrected chi connectivity index (χ0v) is 23.7. The minimum atomic E-state index is -0.267. The zero-order valence-electron chi connectivity index (χ0n) is 23.7. The Morgan fingerprint density at radius 2 is 1.76 bits per heavy atom. The lowest BCUT2D eigenvalue weighted by Crippen LogP contribution is -2.15. The maximum absolute atomic E-state index is 12.4. The van der Waals surface area contributed by atoms with Crippen molar-refractivity contribution in [3.8, 4) is 0 Å². The number of nitrogens with two attached hydrogens (primary N) is 1. The Balaban J connectivity index is 0.000000588. The van der Waals surface area contributed by atoms with Crippen molar-refractivity contribution >= 4 is 23.6 Å². The molecule has 0 aliphatic rings. The van der Waals surface area contributed by atoms with Crippen LogP contribution in [0, 0.1) is 17.1 Å². The van der Waals surface area contributed by atoms with Crippen LogP contribution in [-0.4, -0.2) is 41.0 Å². The molecule has 3 rings (SSSR count). The number of pyridine rings is 1. The lowest BCUT2D eigenvalue weighted by molar-refractivity contribution is -0.110. The van der Waals surface area contributed by atoms with E-state index in [2.05, 4.69) is 36.2 Å². The maximum Gasteiger partial charge on any atom is 0.207 e. The van der Waals surface area contributed by atoms with Gasteiger partial charge in [0.15, 0.2) is 0 Å². The molecule has 0 aliphatic heterocycles. The van der Waals surface area contributed by atoms with Gasteiger partial charge in [0.1, 0.15) is 11.6 Å². The molecule has 0 spiro atoms. The number of nitrogen functional groups attached to an aromatic ring is 1. The van der Waals surface area contributed by atoms with Crippen LogP contribution in [-0.2, 0) is 11.8 Å². The second kappa shape index (κ2) is 17.6. The number of aromatic nitrogens is 3. The summed E-state index contributed by atoms with van der Waals surface area (Å²) in [7, 11) is 5.61. The smallest absolute Gasteiger partial charge is 0.207 e.